The topological polar surface area (TPSA) is 55.7 Å². The van der Waals surface area contributed by atoms with Gasteiger partial charge in [0.05, 0.1) is 30.8 Å². The fourth-order valence-corrected chi connectivity index (χ4v) is 5.31. The molecule has 2 aliphatic heterocycles. The number of anilines is 1. The predicted octanol–water partition coefficient (Wildman–Crippen LogP) is 4.33. The molecule has 5 rings (SSSR count). The molecule has 0 bridgehead atoms. The third-order valence-corrected chi connectivity index (χ3v) is 7.25. The Bertz CT molecular complexity index is 1150. The lowest BCUT2D eigenvalue weighted by molar-refractivity contribution is -0.0267. The van der Waals surface area contributed by atoms with Crippen LogP contribution >= 0.6 is 15.9 Å². The van der Waals surface area contributed by atoms with Gasteiger partial charge in [0.1, 0.15) is 28.4 Å². The van der Waals surface area contributed by atoms with Crippen LogP contribution in [-0.2, 0) is 11.3 Å². The van der Waals surface area contributed by atoms with E-state index in [1.807, 2.05) is 22.9 Å². The number of imidazole rings is 1. The molecule has 2 fully saturated rings. The van der Waals surface area contributed by atoms with Gasteiger partial charge in [0.2, 0.25) is 0 Å². The Labute approximate surface area is 201 Å². The molecule has 0 aliphatic carbocycles. The molecule has 2 atom stereocenters. The van der Waals surface area contributed by atoms with Crippen molar-refractivity contribution in [3.8, 4) is 17.1 Å². The van der Waals surface area contributed by atoms with Crippen LogP contribution in [-0.4, -0.2) is 72.0 Å². The van der Waals surface area contributed by atoms with Crippen molar-refractivity contribution < 1.29 is 13.9 Å². The second-order valence-corrected chi connectivity index (χ2v) is 9.82. The number of hydrogen-bond donors (Lipinski definition) is 0. The zero-order chi connectivity index (χ0) is 23.1. The minimum absolute atomic E-state index is 0.0333. The molecule has 2 aromatic heterocycles. The second-order valence-electron chi connectivity index (χ2n) is 8.96. The van der Waals surface area contributed by atoms with Gasteiger partial charge < -0.3 is 23.8 Å². The Morgan fingerprint density at radius 3 is 2.82 bits per heavy atom. The average molecular weight is 518 g/mol. The average Bonchev–Trinajstić information content (AvgIpc) is 3.40. The number of methoxy groups -OCH3 is 1. The van der Waals surface area contributed by atoms with Crippen LogP contribution in [0.5, 0.6) is 5.75 Å². The van der Waals surface area contributed by atoms with Crippen LogP contribution in [0.2, 0.25) is 0 Å². The first-order chi connectivity index (χ1) is 16.0. The van der Waals surface area contributed by atoms with E-state index in [1.165, 1.54) is 12.8 Å². The van der Waals surface area contributed by atoms with E-state index < -0.39 is 5.82 Å². The third kappa shape index (κ3) is 4.22. The number of rotatable bonds is 5. The lowest BCUT2D eigenvalue weighted by Crippen LogP contribution is -2.42. The molecule has 0 unspecified atom stereocenters. The molecule has 3 aromatic rings. The van der Waals surface area contributed by atoms with Crippen LogP contribution in [0.4, 0.5) is 10.2 Å². The molecule has 0 spiro atoms. The summed E-state index contributed by atoms with van der Waals surface area (Å²) in [6.07, 6.45) is 4.17. The van der Waals surface area contributed by atoms with Gasteiger partial charge in [0.25, 0.3) is 0 Å². The fourth-order valence-electron chi connectivity index (χ4n) is 4.91. The van der Waals surface area contributed by atoms with Crippen LogP contribution in [0.1, 0.15) is 19.8 Å². The molecular formula is C24H29BrFN5O2. The van der Waals surface area contributed by atoms with E-state index in [4.69, 9.17) is 19.4 Å². The first-order valence-electron chi connectivity index (χ1n) is 11.4. The predicted molar refractivity (Wildman–Crippen MR) is 130 cm³/mol. The molecule has 7 nitrogen and oxygen atoms in total. The molecule has 9 heteroatoms. The zero-order valence-electron chi connectivity index (χ0n) is 19.2. The summed E-state index contributed by atoms with van der Waals surface area (Å²) in [5, 5.41) is 0. The van der Waals surface area contributed by atoms with E-state index >= 15 is 4.39 Å². The van der Waals surface area contributed by atoms with Crippen molar-refractivity contribution in [3.05, 3.63) is 34.7 Å². The molecule has 0 saturated carbocycles. The molecule has 33 heavy (non-hydrogen) atoms. The summed E-state index contributed by atoms with van der Waals surface area (Å²) < 4.78 is 29.1. The molecule has 1 aromatic carbocycles. The van der Waals surface area contributed by atoms with Crippen molar-refractivity contribution in [1.82, 2.24) is 19.4 Å². The summed E-state index contributed by atoms with van der Waals surface area (Å²) in [5.74, 6) is 1.79. The Kier molecular flexibility index (Phi) is 6.28. The SMILES string of the molecule is COc1cc(Br)c(F)c2nc(-c3ccc(N4CCC[C@@H]4C)nc3)n(C[C@@H]3CN(C)CCO3)c12. The normalized spacial score (nSPS) is 21.8. The number of pyridine rings is 1. The lowest BCUT2D eigenvalue weighted by Gasteiger charge is -2.30. The molecule has 176 valence electrons. The van der Waals surface area contributed by atoms with E-state index in [1.54, 1.807) is 13.2 Å². The van der Waals surface area contributed by atoms with E-state index in [-0.39, 0.29) is 11.6 Å². The molecule has 0 radical (unpaired) electrons. The highest BCUT2D eigenvalue weighted by molar-refractivity contribution is 9.10. The van der Waals surface area contributed by atoms with Gasteiger partial charge in [-0.1, -0.05) is 0 Å². The van der Waals surface area contributed by atoms with Crippen LogP contribution < -0.4 is 9.64 Å². The largest absolute Gasteiger partial charge is 0.494 e. The van der Waals surface area contributed by atoms with Crippen LogP contribution in [0.3, 0.4) is 0 Å². The van der Waals surface area contributed by atoms with Gasteiger partial charge in [-0.2, -0.15) is 0 Å². The first kappa shape index (κ1) is 22.6. The summed E-state index contributed by atoms with van der Waals surface area (Å²) in [4.78, 5) is 14.0. The molecule has 2 aliphatic rings. The number of aromatic nitrogens is 3. The van der Waals surface area contributed by atoms with E-state index in [0.29, 0.717) is 40.8 Å². The summed E-state index contributed by atoms with van der Waals surface area (Å²) in [5.41, 5.74) is 1.74. The Balaban J connectivity index is 1.60. The van der Waals surface area contributed by atoms with Gasteiger partial charge in [-0.25, -0.2) is 14.4 Å². The number of hydrogen-bond acceptors (Lipinski definition) is 6. The van der Waals surface area contributed by atoms with Crippen LogP contribution in [0.15, 0.2) is 28.9 Å². The molecular weight excluding hydrogens is 489 g/mol. The highest BCUT2D eigenvalue weighted by Gasteiger charge is 2.26. The van der Waals surface area contributed by atoms with Crippen LogP contribution in [0.25, 0.3) is 22.4 Å². The second kappa shape index (κ2) is 9.19. The van der Waals surface area contributed by atoms with E-state index in [2.05, 4.69) is 39.7 Å². The number of fused-ring (bicyclic) bond motifs is 1. The summed E-state index contributed by atoms with van der Waals surface area (Å²) in [6.45, 7) is 6.16. The molecule has 2 saturated heterocycles. The molecule has 4 heterocycles. The Morgan fingerprint density at radius 1 is 1.30 bits per heavy atom. The van der Waals surface area contributed by atoms with Crippen molar-refractivity contribution in [3.63, 3.8) is 0 Å². The minimum atomic E-state index is -0.400. The number of likely N-dealkylation sites (N-methyl/N-ethyl adjacent to an activating group) is 1. The lowest BCUT2D eigenvalue weighted by atomic mass is 10.2. The minimum Gasteiger partial charge on any atom is -0.494 e. The first-order valence-corrected chi connectivity index (χ1v) is 12.2. The third-order valence-electron chi connectivity index (χ3n) is 6.68. The maximum absolute atomic E-state index is 15.1. The Morgan fingerprint density at radius 2 is 2.15 bits per heavy atom. The maximum Gasteiger partial charge on any atom is 0.165 e. The van der Waals surface area contributed by atoms with Gasteiger partial charge in [0, 0.05) is 37.4 Å². The van der Waals surface area contributed by atoms with Crippen molar-refractivity contribution in [2.45, 2.75) is 38.5 Å². The van der Waals surface area contributed by atoms with Gasteiger partial charge in [-0.3, -0.25) is 0 Å². The monoisotopic (exact) mass is 517 g/mol. The van der Waals surface area contributed by atoms with Gasteiger partial charge in [0.15, 0.2) is 5.82 Å². The smallest absolute Gasteiger partial charge is 0.165 e. The van der Waals surface area contributed by atoms with E-state index in [0.717, 1.165) is 31.0 Å². The molecule has 0 N–H and O–H groups in total. The van der Waals surface area contributed by atoms with Gasteiger partial charge in [-0.05, 0) is 60.9 Å². The highest BCUT2D eigenvalue weighted by atomic mass is 79.9. The Hall–Kier alpha value is -2.23. The van der Waals surface area contributed by atoms with E-state index in [9.17, 15) is 0 Å². The number of nitrogens with zero attached hydrogens (tertiary/aromatic N) is 5. The summed E-state index contributed by atoms with van der Waals surface area (Å²) in [7, 11) is 3.68. The van der Waals surface area contributed by atoms with Crippen LogP contribution in [0, 0.1) is 5.82 Å². The summed E-state index contributed by atoms with van der Waals surface area (Å²) in [6, 6.07) is 6.21. The molecule has 0 amide bonds. The number of morpholine rings is 1. The van der Waals surface area contributed by atoms with Crippen molar-refractivity contribution in [1.29, 1.82) is 0 Å². The quantitative estimate of drug-likeness (QED) is 0.502. The number of halogens is 2. The number of benzene rings is 1. The highest BCUT2D eigenvalue weighted by Crippen LogP contribution is 2.37. The van der Waals surface area contributed by atoms with Gasteiger partial charge in [-0.15, -0.1) is 0 Å². The fraction of sp³-hybridized carbons (Fsp3) is 0.500. The van der Waals surface area contributed by atoms with Crippen molar-refractivity contribution in [2.24, 2.45) is 0 Å². The maximum atomic E-state index is 15.1. The number of ether oxygens (including phenoxy) is 2. The summed E-state index contributed by atoms with van der Waals surface area (Å²) >= 11 is 3.30. The zero-order valence-corrected chi connectivity index (χ0v) is 20.8. The van der Waals surface area contributed by atoms with Gasteiger partial charge >= 0.3 is 0 Å². The van der Waals surface area contributed by atoms with Crippen molar-refractivity contribution in [2.75, 3.05) is 45.3 Å². The standard InChI is InChI=1S/C24H29BrFN5O2/c1-15-5-4-8-30(15)20-7-6-16(12-27-20)24-28-22-21(26)18(25)11-19(32-3)23(22)31(24)14-17-13-29(2)9-10-33-17/h6-7,11-12,15,17H,4-5,8-10,13-14H2,1-3H3/t15-,17-/m0/s1. The van der Waals surface area contributed by atoms with Crippen molar-refractivity contribution >= 4 is 32.8 Å².